The van der Waals surface area contributed by atoms with E-state index < -0.39 is 5.97 Å². The van der Waals surface area contributed by atoms with Gasteiger partial charge >= 0.3 is 0 Å². The maximum absolute atomic E-state index is 12.0. The first kappa shape index (κ1) is 19.1. The second kappa shape index (κ2) is 8.76. The number of halogens is 3. The Morgan fingerprint density at radius 1 is 1.17 bits per heavy atom. The zero-order valence-corrected chi connectivity index (χ0v) is 16.1. The zero-order chi connectivity index (χ0) is 17.7. The van der Waals surface area contributed by atoms with Crippen LogP contribution in [0.3, 0.4) is 0 Å². The van der Waals surface area contributed by atoms with Crippen molar-refractivity contribution in [3.63, 3.8) is 0 Å². The minimum absolute atomic E-state index is 0.0801. The summed E-state index contributed by atoms with van der Waals surface area (Å²) in [5, 5.41) is 14.8. The van der Waals surface area contributed by atoms with Crippen LogP contribution < -0.4 is 10.4 Å². The molecule has 8 heteroatoms. The smallest absolute Gasteiger partial charge is 0.234 e. The Labute approximate surface area is 161 Å². The summed E-state index contributed by atoms with van der Waals surface area (Å²) in [5.74, 6) is -0.972. The van der Waals surface area contributed by atoms with Crippen molar-refractivity contribution in [2.75, 3.05) is 11.1 Å². The van der Waals surface area contributed by atoms with E-state index in [1.54, 1.807) is 24.3 Å². The fourth-order valence-corrected chi connectivity index (χ4v) is 3.62. The lowest BCUT2D eigenvalue weighted by atomic mass is 10.2. The van der Waals surface area contributed by atoms with Gasteiger partial charge in [-0.05, 0) is 35.9 Å². The van der Waals surface area contributed by atoms with Gasteiger partial charge in [0, 0.05) is 31.5 Å². The normalized spacial score (nSPS) is 10.5. The van der Waals surface area contributed by atoms with Gasteiger partial charge in [0.1, 0.15) is 0 Å². The third kappa shape index (κ3) is 5.41. The van der Waals surface area contributed by atoms with Crippen LogP contribution in [0, 0.1) is 0 Å². The number of carboxylic acid groups (broad SMARTS) is 1. The summed E-state index contributed by atoms with van der Waals surface area (Å²) in [6.07, 6.45) is 0. The SMILES string of the molecule is O=C(CSCc1ccc(Cl)cc1Cl)Nc1ccc(Br)cc1C(=O)[O-]. The number of rotatable bonds is 6. The highest BCUT2D eigenvalue weighted by Gasteiger charge is 2.09. The number of carboxylic acids is 1. The van der Waals surface area contributed by atoms with Crippen molar-refractivity contribution in [2.45, 2.75) is 5.75 Å². The molecule has 0 aliphatic rings. The van der Waals surface area contributed by atoms with Gasteiger partial charge in [-0.3, -0.25) is 4.79 Å². The third-order valence-electron chi connectivity index (χ3n) is 2.98. The van der Waals surface area contributed by atoms with E-state index in [0.29, 0.717) is 20.3 Å². The molecule has 24 heavy (non-hydrogen) atoms. The quantitative estimate of drug-likeness (QED) is 0.726. The van der Waals surface area contributed by atoms with Gasteiger partial charge in [-0.1, -0.05) is 45.2 Å². The summed E-state index contributed by atoms with van der Waals surface area (Å²) in [5.41, 5.74) is 0.995. The molecular weight excluding hydrogens is 437 g/mol. The molecule has 126 valence electrons. The van der Waals surface area contributed by atoms with Crippen LogP contribution in [0.15, 0.2) is 40.9 Å². The molecule has 2 aromatic carbocycles. The first-order valence-electron chi connectivity index (χ1n) is 6.69. The molecule has 4 nitrogen and oxygen atoms in total. The molecule has 0 saturated heterocycles. The van der Waals surface area contributed by atoms with Gasteiger partial charge in [0.25, 0.3) is 0 Å². The van der Waals surface area contributed by atoms with Crippen molar-refractivity contribution in [1.82, 2.24) is 0 Å². The van der Waals surface area contributed by atoms with Crippen LogP contribution in [-0.4, -0.2) is 17.6 Å². The molecule has 1 amide bonds. The average Bonchev–Trinajstić information content (AvgIpc) is 2.51. The number of hydrogen-bond acceptors (Lipinski definition) is 4. The number of hydrogen-bond donors (Lipinski definition) is 1. The first-order chi connectivity index (χ1) is 11.4. The van der Waals surface area contributed by atoms with Crippen molar-refractivity contribution in [1.29, 1.82) is 0 Å². The standard InChI is InChI=1S/C16H12BrCl2NO3S/c17-10-2-4-14(12(5-10)16(22)23)20-15(21)8-24-7-9-1-3-11(18)6-13(9)19/h1-6H,7-8H2,(H,20,21)(H,22,23)/p-1. The summed E-state index contributed by atoms with van der Waals surface area (Å²) in [4.78, 5) is 23.1. The fourth-order valence-electron chi connectivity index (χ4n) is 1.87. The number of aromatic carboxylic acids is 1. The maximum Gasteiger partial charge on any atom is 0.234 e. The Morgan fingerprint density at radius 3 is 2.58 bits per heavy atom. The molecule has 0 heterocycles. The molecule has 2 aromatic rings. The Hall–Kier alpha value is -1.21. The van der Waals surface area contributed by atoms with Gasteiger partial charge in [-0.2, -0.15) is 0 Å². The van der Waals surface area contributed by atoms with Crippen LogP contribution >= 0.6 is 50.9 Å². The number of carbonyl (C=O) groups is 2. The highest BCUT2D eigenvalue weighted by molar-refractivity contribution is 9.10. The first-order valence-corrected chi connectivity index (χ1v) is 9.39. The molecule has 0 fully saturated rings. The van der Waals surface area contributed by atoms with E-state index in [1.165, 1.54) is 23.9 Å². The van der Waals surface area contributed by atoms with E-state index in [1.807, 2.05) is 0 Å². The highest BCUT2D eigenvalue weighted by Crippen LogP contribution is 2.25. The molecule has 0 spiro atoms. The van der Waals surface area contributed by atoms with Crippen LogP contribution in [-0.2, 0) is 10.5 Å². The van der Waals surface area contributed by atoms with E-state index >= 15 is 0 Å². The maximum atomic E-state index is 12.0. The van der Waals surface area contributed by atoms with Crippen LogP contribution in [0.2, 0.25) is 10.0 Å². The van der Waals surface area contributed by atoms with Crippen LogP contribution in [0.4, 0.5) is 5.69 Å². The summed E-state index contributed by atoms with van der Waals surface area (Å²) in [7, 11) is 0. The second-order valence-electron chi connectivity index (χ2n) is 4.75. The molecular formula is C16H11BrCl2NO3S-. The van der Waals surface area contributed by atoms with Gasteiger partial charge in [-0.25, -0.2) is 0 Å². The summed E-state index contributed by atoms with van der Waals surface area (Å²) < 4.78 is 0.589. The minimum atomic E-state index is -1.35. The van der Waals surface area contributed by atoms with E-state index in [9.17, 15) is 14.7 Å². The summed E-state index contributed by atoms with van der Waals surface area (Å²) in [6, 6.07) is 9.71. The number of nitrogens with one attached hydrogen (secondary N) is 1. The number of benzene rings is 2. The lowest BCUT2D eigenvalue weighted by Crippen LogP contribution is -2.25. The molecule has 2 rings (SSSR count). The predicted octanol–water partition coefficient (Wildman–Crippen LogP) is 3.99. The largest absolute Gasteiger partial charge is 0.545 e. The topological polar surface area (TPSA) is 69.2 Å². The number of amides is 1. The van der Waals surface area contributed by atoms with Gasteiger partial charge in [-0.15, -0.1) is 11.8 Å². The molecule has 0 bridgehead atoms. The molecule has 0 unspecified atom stereocenters. The molecule has 0 radical (unpaired) electrons. The van der Waals surface area contributed by atoms with Crippen LogP contribution in [0.1, 0.15) is 15.9 Å². The molecule has 0 aromatic heterocycles. The monoisotopic (exact) mass is 446 g/mol. The Bertz CT molecular complexity index is 786. The minimum Gasteiger partial charge on any atom is -0.545 e. The summed E-state index contributed by atoms with van der Waals surface area (Å²) >= 11 is 16.4. The zero-order valence-electron chi connectivity index (χ0n) is 12.1. The number of carbonyl (C=O) groups excluding carboxylic acids is 2. The number of thioether (sulfide) groups is 1. The van der Waals surface area contributed by atoms with Crippen molar-refractivity contribution < 1.29 is 14.7 Å². The third-order valence-corrected chi connectivity index (χ3v) is 5.04. The van der Waals surface area contributed by atoms with Crippen molar-refractivity contribution >= 4 is 68.5 Å². The summed E-state index contributed by atoms with van der Waals surface area (Å²) in [6.45, 7) is 0. The lowest BCUT2D eigenvalue weighted by molar-refractivity contribution is -0.254. The Kier molecular flexibility index (Phi) is 6.98. The average molecular weight is 448 g/mol. The van der Waals surface area contributed by atoms with Crippen LogP contribution in [0.5, 0.6) is 0 Å². The molecule has 0 atom stereocenters. The molecule has 0 aliphatic carbocycles. The fraction of sp³-hybridized carbons (Fsp3) is 0.125. The Balaban J connectivity index is 1.93. The van der Waals surface area contributed by atoms with Crippen molar-refractivity contribution in [3.05, 3.63) is 62.0 Å². The van der Waals surface area contributed by atoms with Gasteiger partial charge in [0.05, 0.1) is 11.7 Å². The lowest BCUT2D eigenvalue weighted by Gasteiger charge is -2.12. The molecule has 0 aliphatic heterocycles. The Morgan fingerprint density at radius 2 is 1.92 bits per heavy atom. The van der Waals surface area contributed by atoms with E-state index in [-0.39, 0.29) is 22.9 Å². The van der Waals surface area contributed by atoms with E-state index in [4.69, 9.17) is 23.2 Å². The molecule has 0 saturated carbocycles. The van der Waals surface area contributed by atoms with Gasteiger partial charge < -0.3 is 15.2 Å². The highest BCUT2D eigenvalue weighted by atomic mass is 79.9. The van der Waals surface area contributed by atoms with Crippen LogP contribution in [0.25, 0.3) is 0 Å². The number of anilines is 1. The van der Waals surface area contributed by atoms with E-state index in [0.717, 1.165) is 5.56 Å². The van der Waals surface area contributed by atoms with Crippen molar-refractivity contribution in [3.8, 4) is 0 Å². The second-order valence-corrected chi connectivity index (χ2v) is 7.50. The van der Waals surface area contributed by atoms with Gasteiger partial charge in [0.15, 0.2) is 0 Å². The van der Waals surface area contributed by atoms with Crippen molar-refractivity contribution in [2.24, 2.45) is 0 Å². The van der Waals surface area contributed by atoms with E-state index in [2.05, 4.69) is 21.2 Å². The molecule has 1 N–H and O–H groups in total. The van der Waals surface area contributed by atoms with Gasteiger partial charge in [0.2, 0.25) is 5.91 Å². The predicted molar refractivity (Wildman–Crippen MR) is 99.7 cm³/mol.